The van der Waals surface area contributed by atoms with Gasteiger partial charge in [-0.25, -0.2) is 9.78 Å². The van der Waals surface area contributed by atoms with Crippen molar-refractivity contribution in [2.75, 3.05) is 52.3 Å². The molecule has 6 N–H and O–H groups in total. The van der Waals surface area contributed by atoms with Gasteiger partial charge in [-0.1, -0.05) is 11.6 Å². The molecule has 0 radical (unpaired) electrons. The van der Waals surface area contributed by atoms with Crippen molar-refractivity contribution in [3.63, 3.8) is 0 Å². The van der Waals surface area contributed by atoms with Crippen LogP contribution < -0.4 is 31.5 Å². The van der Waals surface area contributed by atoms with Crippen LogP contribution in [-0.4, -0.2) is 52.4 Å². The van der Waals surface area contributed by atoms with Gasteiger partial charge in [0.15, 0.2) is 5.82 Å². The number of aromatic amines is 1. The Morgan fingerprint density at radius 1 is 0.952 bits per heavy atom. The summed E-state index contributed by atoms with van der Waals surface area (Å²) in [5.41, 5.74) is 1.57. The van der Waals surface area contributed by atoms with Crippen molar-refractivity contribution in [2.45, 2.75) is 20.0 Å². The van der Waals surface area contributed by atoms with Crippen LogP contribution in [0.2, 0.25) is 5.02 Å². The lowest BCUT2D eigenvalue weighted by Gasteiger charge is -2.26. The van der Waals surface area contributed by atoms with Crippen LogP contribution in [0.3, 0.4) is 0 Å². The van der Waals surface area contributed by atoms with Gasteiger partial charge in [0, 0.05) is 61.1 Å². The van der Waals surface area contributed by atoms with Crippen LogP contribution in [0, 0.1) is 13.8 Å². The van der Waals surface area contributed by atoms with E-state index in [1.807, 2.05) is 26.0 Å². The van der Waals surface area contributed by atoms with Crippen molar-refractivity contribution in [3.05, 3.63) is 70.4 Å². The molecule has 220 valence electrons. The summed E-state index contributed by atoms with van der Waals surface area (Å²) in [6.07, 6.45) is -4.64. The number of urea groups is 1. The van der Waals surface area contributed by atoms with E-state index in [2.05, 4.69) is 51.6 Å². The standard InChI is InChI=1S/C27H28ClF3N10O/c1-15-11-17(34-26(42)35-18-3-5-20(28)19(13-18)27(29,30)31)4-6-21(15)36-25-33-16(2)12-22(38-25)37-23-14-24(40-39-23)41-9-7-32-8-10-41/h3-6,11-14,32H,7-10H2,1-2H3,(H2,34,35,42)(H3,33,36,37,38,39,40). The summed E-state index contributed by atoms with van der Waals surface area (Å²) in [5.74, 6) is 2.50. The second-order valence-corrected chi connectivity index (χ2v) is 10.1. The molecule has 2 amide bonds. The molecule has 42 heavy (non-hydrogen) atoms. The lowest BCUT2D eigenvalue weighted by Crippen LogP contribution is -2.43. The Morgan fingerprint density at radius 2 is 1.67 bits per heavy atom. The predicted molar refractivity (Wildman–Crippen MR) is 157 cm³/mol. The van der Waals surface area contributed by atoms with Gasteiger partial charge < -0.3 is 31.5 Å². The molecule has 1 aliphatic heterocycles. The summed E-state index contributed by atoms with van der Waals surface area (Å²) in [4.78, 5) is 23.7. The maximum Gasteiger partial charge on any atom is 0.417 e. The minimum absolute atomic E-state index is 0.0459. The number of amides is 2. The van der Waals surface area contributed by atoms with Gasteiger partial charge in [0.2, 0.25) is 5.95 Å². The summed E-state index contributed by atoms with van der Waals surface area (Å²) < 4.78 is 39.4. The quantitative estimate of drug-likeness (QED) is 0.151. The molecule has 1 saturated heterocycles. The van der Waals surface area contributed by atoms with Crippen LogP contribution >= 0.6 is 11.6 Å². The Bertz CT molecular complexity index is 1590. The van der Waals surface area contributed by atoms with Gasteiger partial charge >= 0.3 is 12.2 Å². The third-order valence-electron chi connectivity index (χ3n) is 6.38. The Morgan fingerprint density at radius 3 is 2.38 bits per heavy atom. The van der Waals surface area contributed by atoms with Gasteiger partial charge in [-0.05, 0) is 55.8 Å². The Hall–Kier alpha value is -4.56. The van der Waals surface area contributed by atoms with Gasteiger partial charge in [0.05, 0.1) is 10.6 Å². The first kappa shape index (κ1) is 29.0. The molecule has 0 aliphatic carbocycles. The number of halogens is 4. The van der Waals surface area contributed by atoms with Crippen molar-refractivity contribution < 1.29 is 18.0 Å². The van der Waals surface area contributed by atoms with Gasteiger partial charge in [-0.3, -0.25) is 5.10 Å². The number of carbonyl (C=O) groups is 1. The van der Waals surface area contributed by atoms with E-state index < -0.39 is 22.8 Å². The SMILES string of the molecule is Cc1cc(Nc2cc(N3CCNCC3)n[nH]2)nc(Nc2ccc(NC(=O)Nc3ccc(Cl)c(C(F)(F)F)c3)cc2C)n1. The molecule has 0 spiro atoms. The lowest BCUT2D eigenvalue weighted by molar-refractivity contribution is -0.137. The number of aryl methyl sites for hydroxylation is 2. The minimum Gasteiger partial charge on any atom is -0.353 e. The Labute approximate surface area is 244 Å². The van der Waals surface area contributed by atoms with E-state index in [0.29, 0.717) is 29.0 Å². The van der Waals surface area contributed by atoms with Gasteiger partial charge in [0.25, 0.3) is 0 Å². The first-order valence-corrected chi connectivity index (χ1v) is 13.4. The molecule has 2 aromatic heterocycles. The third kappa shape index (κ3) is 7.19. The largest absolute Gasteiger partial charge is 0.417 e. The Kier molecular flexibility index (Phi) is 8.36. The van der Waals surface area contributed by atoms with Crippen molar-refractivity contribution >= 4 is 58.1 Å². The number of rotatable bonds is 7. The number of hydrogen-bond donors (Lipinski definition) is 6. The summed E-state index contributed by atoms with van der Waals surface area (Å²) in [5, 5.41) is 21.7. The first-order chi connectivity index (χ1) is 20.0. The molecule has 15 heteroatoms. The molecule has 1 aliphatic rings. The fourth-order valence-electron chi connectivity index (χ4n) is 4.37. The molecule has 5 rings (SSSR count). The highest BCUT2D eigenvalue weighted by Gasteiger charge is 2.33. The fourth-order valence-corrected chi connectivity index (χ4v) is 4.60. The molecule has 3 heterocycles. The maximum atomic E-state index is 13.1. The number of carbonyl (C=O) groups excluding carboxylic acids is 1. The van der Waals surface area contributed by atoms with Crippen molar-refractivity contribution in [1.29, 1.82) is 0 Å². The zero-order valence-electron chi connectivity index (χ0n) is 22.7. The monoisotopic (exact) mass is 600 g/mol. The average molecular weight is 601 g/mol. The van der Waals surface area contributed by atoms with Gasteiger partial charge in [-0.15, -0.1) is 0 Å². The van der Waals surface area contributed by atoms with Crippen molar-refractivity contribution in [3.8, 4) is 0 Å². The molecule has 0 atom stereocenters. The second kappa shape index (κ2) is 12.1. The molecular formula is C27H28ClF3N10O. The number of benzene rings is 2. The summed E-state index contributed by atoms with van der Waals surface area (Å²) in [6.45, 7) is 7.28. The highest BCUT2D eigenvalue weighted by Crippen LogP contribution is 2.36. The highest BCUT2D eigenvalue weighted by atomic mass is 35.5. The third-order valence-corrected chi connectivity index (χ3v) is 6.71. The number of alkyl halides is 3. The number of nitrogens with zero attached hydrogens (tertiary/aromatic N) is 4. The molecule has 0 saturated carbocycles. The summed E-state index contributed by atoms with van der Waals surface area (Å²) in [7, 11) is 0. The molecule has 2 aromatic carbocycles. The maximum absolute atomic E-state index is 13.1. The topological polar surface area (TPSA) is 135 Å². The number of H-pyrrole nitrogens is 1. The molecule has 11 nitrogen and oxygen atoms in total. The van der Waals surface area contributed by atoms with Crippen molar-refractivity contribution in [2.24, 2.45) is 0 Å². The molecule has 0 bridgehead atoms. The van der Waals surface area contributed by atoms with E-state index in [1.54, 1.807) is 18.2 Å². The van der Waals surface area contributed by atoms with Crippen LogP contribution in [0.25, 0.3) is 0 Å². The van der Waals surface area contributed by atoms with Crippen LogP contribution in [0.1, 0.15) is 16.8 Å². The number of nitrogens with one attached hydrogen (secondary N) is 6. The van der Waals surface area contributed by atoms with Crippen LogP contribution in [0.4, 0.5) is 58.4 Å². The zero-order chi connectivity index (χ0) is 29.9. The number of hydrogen-bond acceptors (Lipinski definition) is 8. The van der Waals surface area contributed by atoms with E-state index in [9.17, 15) is 18.0 Å². The van der Waals surface area contributed by atoms with Crippen LogP contribution in [-0.2, 0) is 6.18 Å². The average Bonchev–Trinajstić information content (AvgIpc) is 3.39. The van der Waals surface area contributed by atoms with E-state index >= 15 is 0 Å². The summed E-state index contributed by atoms with van der Waals surface area (Å²) >= 11 is 5.64. The van der Waals surface area contributed by atoms with Crippen LogP contribution in [0.15, 0.2) is 48.5 Å². The molecular weight excluding hydrogens is 573 g/mol. The smallest absolute Gasteiger partial charge is 0.353 e. The van der Waals surface area contributed by atoms with E-state index in [-0.39, 0.29) is 5.69 Å². The number of anilines is 7. The zero-order valence-corrected chi connectivity index (χ0v) is 23.4. The lowest BCUT2D eigenvalue weighted by atomic mass is 10.1. The van der Waals surface area contributed by atoms with E-state index in [0.717, 1.165) is 55.4 Å². The van der Waals surface area contributed by atoms with E-state index in [1.165, 1.54) is 6.07 Å². The van der Waals surface area contributed by atoms with Crippen molar-refractivity contribution in [1.82, 2.24) is 25.5 Å². The molecule has 4 aromatic rings. The normalized spacial score (nSPS) is 13.5. The summed E-state index contributed by atoms with van der Waals surface area (Å²) in [6, 6.07) is 11.3. The molecule has 0 unspecified atom stereocenters. The van der Waals surface area contributed by atoms with Gasteiger partial charge in [-0.2, -0.15) is 23.3 Å². The van der Waals surface area contributed by atoms with Gasteiger partial charge in [0.1, 0.15) is 11.6 Å². The predicted octanol–water partition coefficient (Wildman–Crippen LogP) is 6.03. The minimum atomic E-state index is -4.64. The first-order valence-electron chi connectivity index (χ1n) is 13.0. The number of piperazine rings is 1. The van der Waals surface area contributed by atoms with E-state index in [4.69, 9.17) is 11.6 Å². The fraction of sp³-hybridized carbons (Fsp3) is 0.259. The molecule has 1 fully saturated rings. The van der Waals surface area contributed by atoms with Crippen LogP contribution in [0.5, 0.6) is 0 Å². The number of aromatic nitrogens is 4. The Balaban J connectivity index is 1.22. The second-order valence-electron chi connectivity index (χ2n) is 9.65. The highest BCUT2D eigenvalue weighted by molar-refractivity contribution is 6.31.